The minimum absolute atomic E-state index is 0.153. The molecule has 2 fully saturated rings. The monoisotopic (exact) mass is 674 g/mol. The van der Waals surface area contributed by atoms with Crippen molar-refractivity contribution in [2.75, 3.05) is 62.7 Å². The Labute approximate surface area is 276 Å². The van der Waals surface area contributed by atoms with Crippen LogP contribution in [0.2, 0.25) is 5.02 Å². The fourth-order valence-corrected chi connectivity index (χ4v) is 8.90. The molecule has 2 aromatic carbocycles. The number of hydrogen-bond acceptors (Lipinski definition) is 8. The molecule has 0 unspecified atom stereocenters. The molecule has 2 N–H and O–H groups in total. The summed E-state index contributed by atoms with van der Waals surface area (Å²) in [5, 5.41) is 7.76. The smallest absolute Gasteiger partial charge is 0.251 e. The Morgan fingerprint density at radius 2 is 1.85 bits per heavy atom. The van der Waals surface area contributed by atoms with E-state index in [9.17, 15) is 13.3 Å². The van der Waals surface area contributed by atoms with Gasteiger partial charge in [-0.3, -0.25) is 4.90 Å². The second-order valence-electron chi connectivity index (χ2n) is 13.3. The molecule has 1 aliphatic heterocycles. The van der Waals surface area contributed by atoms with Gasteiger partial charge in [-0.05, 0) is 101 Å². The van der Waals surface area contributed by atoms with Gasteiger partial charge in [0.2, 0.25) is 5.95 Å². The molecule has 0 amide bonds. The highest BCUT2D eigenvalue weighted by Crippen LogP contribution is 2.51. The summed E-state index contributed by atoms with van der Waals surface area (Å²) >= 11 is 6.53. The number of piperidine rings is 1. The lowest BCUT2D eigenvalue weighted by Gasteiger charge is -2.55. The normalized spacial score (nSPS) is 16.7. The summed E-state index contributed by atoms with van der Waals surface area (Å²) < 4.78 is 44.8. The number of halogens is 3. The van der Waals surface area contributed by atoms with Crippen molar-refractivity contribution in [1.82, 2.24) is 14.9 Å². The predicted molar refractivity (Wildman–Crippen MR) is 187 cm³/mol. The first-order chi connectivity index (χ1) is 21.7. The van der Waals surface area contributed by atoms with Crippen LogP contribution in [0.25, 0.3) is 0 Å². The number of aromatic nitrogens is 2. The molecule has 250 valence electrons. The molecule has 2 aliphatic rings. The van der Waals surface area contributed by atoms with Gasteiger partial charge in [0.05, 0.1) is 31.2 Å². The van der Waals surface area contributed by atoms with Crippen LogP contribution < -0.4 is 25.6 Å². The van der Waals surface area contributed by atoms with Crippen LogP contribution in [0.5, 0.6) is 5.75 Å². The lowest BCUT2D eigenvalue weighted by molar-refractivity contribution is -0.0264. The van der Waals surface area contributed by atoms with Crippen LogP contribution in [-0.4, -0.2) is 74.5 Å². The number of ether oxygens (including phenoxy) is 1. The van der Waals surface area contributed by atoms with Gasteiger partial charge in [0, 0.05) is 36.2 Å². The molecule has 1 aromatic heterocycles. The lowest BCUT2D eigenvalue weighted by Crippen LogP contribution is -2.54. The number of hydrogen-bond donors (Lipinski definition) is 2. The summed E-state index contributed by atoms with van der Waals surface area (Å²) in [6.45, 7) is 11.3. The summed E-state index contributed by atoms with van der Waals surface area (Å²) in [6, 6.07) is 8.33. The molecule has 0 atom stereocenters. The molecule has 1 aliphatic carbocycles. The summed E-state index contributed by atoms with van der Waals surface area (Å²) in [4.78, 5) is 13.4. The molecular formula is C34H46ClF2N6O2P. The third-order valence-corrected chi connectivity index (χ3v) is 11.7. The van der Waals surface area contributed by atoms with E-state index < -0.39 is 13.6 Å². The first kappa shape index (κ1) is 34.4. The molecule has 12 heteroatoms. The molecule has 1 spiro atoms. The van der Waals surface area contributed by atoms with Crippen molar-refractivity contribution in [3.63, 3.8) is 0 Å². The number of alkyl halides is 2. The molecule has 46 heavy (non-hydrogen) atoms. The van der Waals surface area contributed by atoms with E-state index in [-0.39, 0.29) is 18.0 Å². The van der Waals surface area contributed by atoms with Crippen LogP contribution in [0.3, 0.4) is 0 Å². The maximum Gasteiger partial charge on any atom is 0.251 e. The third-order valence-electron chi connectivity index (χ3n) is 9.82. The van der Waals surface area contributed by atoms with E-state index >= 15 is 0 Å². The van der Waals surface area contributed by atoms with E-state index in [1.807, 2.05) is 37.9 Å². The minimum Gasteiger partial charge on any atom is -0.494 e. The third kappa shape index (κ3) is 7.29. The number of nitrogens with zero attached hydrogens (tertiary/aromatic N) is 4. The summed E-state index contributed by atoms with van der Waals surface area (Å²) in [7, 11) is 0.861. The van der Waals surface area contributed by atoms with Gasteiger partial charge in [-0.25, -0.2) is 13.8 Å². The second kappa shape index (κ2) is 13.7. The van der Waals surface area contributed by atoms with Crippen molar-refractivity contribution in [2.45, 2.75) is 65.3 Å². The Hall–Kier alpha value is -2.94. The molecular weight excluding hydrogens is 629 g/mol. The van der Waals surface area contributed by atoms with Gasteiger partial charge in [0.15, 0.2) is 5.82 Å². The fraction of sp³-hybridized carbons (Fsp3) is 0.529. The van der Waals surface area contributed by atoms with Gasteiger partial charge in [-0.1, -0.05) is 24.6 Å². The number of methoxy groups -OCH3 is 1. The molecule has 0 radical (unpaired) electrons. The zero-order valence-corrected chi connectivity index (χ0v) is 29.5. The molecule has 3 aromatic rings. The summed E-state index contributed by atoms with van der Waals surface area (Å²) in [6.07, 6.45) is 4.18. The van der Waals surface area contributed by atoms with Crippen LogP contribution in [0.1, 0.15) is 49.3 Å². The Kier molecular flexibility index (Phi) is 10.2. The molecule has 8 nitrogen and oxygen atoms in total. The van der Waals surface area contributed by atoms with E-state index in [4.69, 9.17) is 16.3 Å². The van der Waals surface area contributed by atoms with E-state index in [2.05, 4.69) is 44.6 Å². The van der Waals surface area contributed by atoms with Gasteiger partial charge >= 0.3 is 0 Å². The van der Waals surface area contributed by atoms with Gasteiger partial charge in [-0.15, -0.1) is 0 Å². The van der Waals surface area contributed by atoms with Crippen LogP contribution in [-0.2, 0) is 11.0 Å². The lowest BCUT2D eigenvalue weighted by atomic mass is 9.60. The SMILES string of the molecule is CCc1cc(Nc2ncc(Cl)c(Nc3ccc(C)c(C)c3P(C)(C)=O)n2)c(OC)cc1N1CCC2(CC1)CC(N(C)CC(F)F)C2. The minimum atomic E-state index is -2.61. The van der Waals surface area contributed by atoms with Crippen molar-refractivity contribution >= 4 is 52.9 Å². The zero-order valence-electron chi connectivity index (χ0n) is 27.9. The molecule has 1 saturated heterocycles. The number of benzene rings is 2. The van der Waals surface area contributed by atoms with Gasteiger partial charge in [0.1, 0.15) is 17.9 Å². The van der Waals surface area contributed by atoms with Crippen LogP contribution in [0, 0.1) is 19.3 Å². The molecule has 5 rings (SSSR count). The van der Waals surface area contributed by atoms with E-state index in [0.29, 0.717) is 28.2 Å². The van der Waals surface area contributed by atoms with Crippen molar-refractivity contribution in [1.29, 1.82) is 0 Å². The maximum atomic E-state index is 13.2. The van der Waals surface area contributed by atoms with Crippen LogP contribution >= 0.6 is 18.7 Å². The van der Waals surface area contributed by atoms with Gasteiger partial charge in [-0.2, -0.15) is 4.98 Å². The number of anilines is 5. The van der Waals surface area contributed by atoms with Crippen LogP contribution in [0.15, 0.2) is 30.5 Å². The van der Waals surface area contributed by atoms with Crippen molar-refractivity contribution in [2.24, 2.45) is 5.41 Å². The average molecular weight is 675 g/mol. The second-order valence-corrected chi connectivity index (χ2v) is 16.9. The van der Waals surface area contributed by atoms with Crippen molar-refractivity contribution < 1.29 is 18.1 Å². The Morgan fingerprint density at radius 1 is 1.15 bits per heavy atom. The highest BCUT2D eigenvalue weighted by molar-refractivity contribution is 7.70. The fourth-order valence-electron chi connectivity index (χ4n) is 7.07. The summed E-state index contributed by atoms with van der Waals surface area (Å²) in [5.74, 6) is 1.43. The molecule has 1 saturated carbocycles. The molecule has 2 heterocycles. The zero-order chi connectivity index (χ0) is 33.4. The highest BCUT2D eigenvalue weighted by Gasteiger charge is 2.47. The Balaban J connectivity index is 1.33. The van der Waals surface area contributed by atoms with E-state index in [1.165, 1.54) is 5.56 Å². The quantitative estimate of drug-likeness (QED) is 0.198. The largest absolute Gasteiger partial charge is 0.494 e. The van der Waals surface area contributed by atoms with Gasteiger partial charge in [0.25, 0.3) is 6.43 Å². The first-order valence-electron chi connectivity index (χ1n) is 15.9. The van der Waals surface area contributed by atoms with Crippen molar-refractivity contribution in [3.8, 4) is 5.75 Å². The topological polar surface area (TPSA) is 82.6 Å². The summed E-state index contributed by atoms with van der Waals surface area (Å²) in [5.41, 5.74) is 6.09. The number of nitrogens with one attached hydrogen (secondary N) is 2. The Bertz CT molecular complexity index is 1620. The maximum absolute atomic E-state index is 13.2. The number of rotatable bonds is 11. The molecule has 0 bridgehead atoms. The van der Waals surface area contributed by atoms with Crippen molar-refractivity contribution in [3.05, 3.63) is 52.2 Å². The standard InChI is InChI=1S/C34H46ClF2N6O2P/c1-8-23-15-27(29(45-5)16-28(23)43-13-11-34(12-14-43)17-24(18-34)42(4)20-30(36)37)40-33-38-19-25(35)32(41-33)39-26-10-9-21(2)22(3)31(26)46(6,7)44/h9-10,15-16,19,24,30H,8,11-14,17-18,20H2,1-7H3,(H2,38,39,40,41). The highest BCUT2D eigenvalue weighted by atomic mass is 35.5. The Morgan fingerprint density at radius 3 is 2.46 bits per heavy atom. The van der Waals surface area contributed by atoms with Gasteiger partial charge < -0.3 is 24.8 Å². The van der Waals surface area contributed by atoms with Crippen LogP contribution in [0.4, 0.5) is 37.6 Å². The number of aryl methyl sites for hydroxylation is 2. The predicted octanol–water partition coefficient (Wildman–Crippen LogP) is 8.00. The average Bonchev–Trinajstić information content (AvgIpc) is 2.98. The van der Waals surface area contributed by atoms with E-state index in [0.717, 1.165) is 73.0 Å². The van der Waals surface area contributed by atoms with E-state index in [1.54, 1.807) is 26.6 Å². The first-order valence-corrected chi connectivity index (χ1v) is 18.9.